The normalized spacial score (nSPS) is 22.3. The summed E-state index contributed by atoms with van der Waals surface area (Å²) in [7, 11) is 1.65. The number of nitrogens with one attached hydrogen (secondary N) is 3. The van der Waals surface area contributed by atoms with Crippen molar-refractivity contribution in [1.82, 2.24) is 24.8 Å². The van der Waals surface area contributed by atoms with E-state index >= 15 is 0 Å². The molecule has 1 aliphatic carbocycles. The van der Waals surface area contributed by atoms with E-state index in [2.05, 4.69) is 30.9 Å². The van der Waals surface area contributed by atoms with Crippen LogP contribution in [0.1, 0.15) is 38.1 Å². The van der Waals surface area contributed by atoms with Crippen LogP contribution in [0.4, 0.5) is 30.8 Å². The number of halogens is 3. The SMILES string of the molecule is CNC(=O)C1CCC(Nc2ncc3nc(Nc4c(F)cc(F)cc4F)n([C@@H]4CCOC4)c3n2)CC1. The van der Waals surface area contributed by atoms with Gasteiger partial charge in [-0.2, -0.15) is 4.98 Å². The van der Waals surface area contributed by atoms with Crippen LogP contribution in [0.5, 0.6) is 0 Å². The molecule has 0 spiro atoms. The molecule has 1 aliphatic heterocycles. The van der Waals surface area contributed by atoms with Crippen LogP contribution in [0.25, 0.3) is 11.2 Å². The predicted octanol–water partition coefficient (Wildman–Crippen LogP) is 3.67. The van der Waals surface area contributed by atoms with Gasteiger partial charge in [0.15, 0.2) is 17.3 Å². The monoisotopic (exact) mass is 489 g/mol. The van der Waals surface area contributed by atoms with Crippen molar-refractivity contribution in [1.29, 1.82) is 0 Å². The molecule has 12 heteroatoms. The molecule has 9 nitrogen and oxygen atoms in total. The largest absolute Gasteiger partial charge is 0.379 e. The zero-order valence-electron chi connectivity index (χ0n) is 19.2. The second-order valence-electron chi connectivity index (χ2n) is 8.90. The number of benzene rings is 1. The number of imidazole rings is 1. The van der Waals surface area contributed by atoms with Crippen molar-refractivity contribution in [3.63, 3.8) is 0 Å². The van der Waals surface area contributed by atoms with Gasteiger partial charge >= 0.3 is 0 Å². The Morgan fingerprint density at radius 1 is 1.09 bits per heavy atom. The minimum Gasteiger partial charge on any atom is -0.379 e. The zero-order chi connectivity index (χ0) is 24.5. The van der Waals surface area contributed by atoms with Gasteiger partial charge in [0.05, 0.1) is 18.8 Å². The summed E-state index contributed by atoms with van der Waals surface area (Å²) < 4.78 is 49.3. The first kappa shape index (κ1) is 23.3. The van der Waals surface area contributed by atoms with Crippen LogP contribution >= 0.6 is 0 Å². The Kier molecular flexibility index (Phi) is 6.46. The van der Waals surface area contributed by atoms with E-state index in [1.807, 2.05) is 0 Å². The lowest BCUT2D eigenvalue weighted by Gasteiger charge is -2.28. The average Bonchev–Trinajstić information content (AvgIpc) is 3.48. The number of nitrogens with zero attached hydrogens (tertiary/aromatic N) is 4. The van der Waals surface area contributed by atoms with Gasteiger partial charge in [0.1, 0.15) is 17.0 Å². The van der Waals surface area contributed by atoms with Crippen LogP contribution in [0.15, 0.2) is 18.3 Å². The molecule has 1 saturated heterocycles. The first-order chi connectivity index (χ1) is 16.9. The molecule has 1 saturated carbocycles. The molecule has 1 amide bonds. The third-order valence-corrected chi connectivity index (χ3v) is 6.62. The van der Waals surface area contributed by atoms with Gasteiger partial charge < -0.3 is 20.7 Å². The van der Waals surface area contributed by atoms with Crippen LogP contribution in [0.2, 0.25) is 0 Å². The quantitative estimate of drug-likeness (QED) is 0.485. The summed E-state index contributed by atoms with van der Waals surface area (Å²) in [5.74, 6) is -2.48. The Hall–Kier alpha value is -3.41. The molecule has 1 atom stereocenters. The van der Waals surface area contributed by atoms with Gasteiger partial charge in [-0.05, 0) is 32.1 Å². The summed E-state index contributed by atoms with van der Waals surface area (Å²) in [4.78, 5) is 25.4. The van der Waals surface area contributed by atoms with Gasteiger partial charge in [0.2, 0.25) is 17.8 Å². The van der Waals surface area contributed by atoms with Gasteiger partial charge in [0, 0.05) is 37.7 Å². The van der Waals surface area contributed by atoms with Crippen molar-refractivity contribution < 1.29 is 22.7 Å². The molecule has 186 valence electrons. The molecule has 3 aromatic rings. The topological polar surface area (TPSA) is 106 Å². The van der Waals surface area contributed by atoms with E-state index in [4.69, 9.17) is 4.74 Å². The molecule has 2 aromatic heterocycles. The third kappa shape index (κ3) is 4.75. The lowest BCUT2D eigenvalue weighted by atomic mass is 9.85. The molecule has 2 aliphatic rings. The molecule has 5 rings (SSSR count). The van der Waals surface area contributed by atoms with Crippen molar-refractivity contribution in [2.75, 3.05) is 30.9 Å². The Morgan fingerprint density at radius 3 is 2.49 bits per heavy atom. The highest BCUT2D eigenvalue weighted by atomic mass is 19.1. The third-order valence-electron chi connectivity index (χ3n) is 6.62. The number of hydrogen-bond donors (Lipinski definition) is 3. The molecule has 0 unspecified atom stereocenters. The van der Waals surface area contributed by atoms with Gasteiger partial charge in [-0.1, -0.05) is 0 Å². The lowest BCUT2D eigenvalue weighted by Crippen LogP contribution is -2.34. The minimum absolute atomic E-state index is 0.0196. The zero-order valence-corrected chi connectivity index (χ0v) is 19.2. The van der Waals surface area contributed by atoms with Crippen LogP contribution < -0.4 is 16.0 Å². The summed E-state index contributed by atoms with van der Waals surface area (Å²) in [6.45, 7) is 0.929. The predicted molar refractivity (Wildman–Crippen MR) is 123 cm³/mol. The highest BCUT2D eigenvalue weighted by Crippen LogP contribution is 2.32. The van der Waals surface area contributed by atoms with E-state index in [1.165, 1.54) is 0 Å². The summed E-state index contributed by atoms with van der Waals surface area (Å²) in [6.07, 6.45) is 5.40. The molecule has 0 radical (unpaired) electrons. The lowest BCUT2D eigenvalue weighted by molar-refractivity contribution is -0.125. The Labute approximate surface area is 199 Å². The first-order valence-corrected chi connectivity index (χ1v) is 11.7. The maximum absolute atomic E-state index is 14.3. The van der Waals surface area contributed by atoms with Crippen LogP contribution in [-0.4, -0.2) is 51.7 Å². The summed E-state index contributed by atoms with van der Waals surface area (Å²) in [5.41, 5.74) is 0.430. The van der Waals surface area contributed by atoms with Gasteiger partial charge in [-0.25, -0.2) is 23.1 Å². The number of aromatic nitrogens is 4. The standard InChI is InChI=1S/C23H26F3N7O2/c1-27-21(34)12-2-4-14(5-3-12)29-22-28-10-18-20(32-22)33(15-6-7-35-11-15)23(30-18)31-19-16(25)8-13(24)9-17(19)26/h8-10,12,14-15H,2-7,11H2,1H3,(H,27,34)(H,30,31)(H,28,29,32)/t12?,14?,15-/m1/s1. The van der Waals surface area contributed by atoms with Gasteiger partial charge in [-0.3, -0.25) is 9.36 Å². The summed E-state index contributed by atoms with van der Waals surface area (Å²) in [5, 5.41) is 8.73. The number of fused-ring (bicyclic) bond motifs is 1. The fourth-order valence-electron chi connectivity index (χ4n) is 4.78. The molecule has 0 bridgehead atoms. The number of ether oxygens (including phenoxy) is 1. The van der Waals surface area contributed by atoms with Crippen molar-refractivity contribution in [2.24, 2.45) is 5.92 Å². The maximum Gasteiger partial charge on any atom is 0.224 e. The molecule has 3 heterocycles. The number of hydrogen-bond acceptors (Lipinski definition) is 7. The van der Waals surface area contributed by atoms with E-state index in [0.29, 0.717) is 48.9 Å². The Bertz CT molecular complexity index is 1210. The van der Waals surface area contributed by atoms with Gasteiger partial charge in [-0.15, -0.1) is 0 Å². The second kappa shape index (κ2) is 9.68. The highest BCUT2D eigenvalue weighted by Gasteiger charge is 2.28. The summed E-state index contributed by atoms with van der Waals surface area (Å²) in [6, 6.07) is 1.19. The fraction of sp³-hybridized carbons (Fsp3) is 0.478. The molecule has 1 aromatic carbocycles. The van der Waals surface area contributed by atoms with E-state index < -0.39 is 23.1 Å². The Morgan fingerprint density at radius 2 is 1.83 bits per heavy atom. The van der Waals surface area contributed by atoms with Crippen LogP contribution in [0.3, 0.4) is 0 Å². The van der Waals surface area contributed by atoms with Crippen LogP contribution in [0, 0.1) is 23.4 Å². The molecular formula is C23H26F3N7O2. The van der Waals surface area contributed by atoms with Gasteiger partial charge in [0.25, 0.3) is 0 Å². The number of anilines is 3. The second-order valence-corrected chi connectivity index (χ2v) is 8.90. The molecular weight excluding hydrogens is 463 g/mol. The fourth-order valence-corrected chi connectivity index (χ4v) is 4.78. The number of carbonyl (C=O) groups is 1. The molecule has 3 N–H and O–H groups in total. The summed E-state index contributed by atoms with van der Waals surface area (Å²) >= 11 is 0. The minimum atomic E-state index is -1.07. The van der Waals surface area contributed by atoms with E-state index in [0.717, 1.165) is 25.7 Å². The smallest absolute Gasteiger partial charge is 0.224 e. The maximum atomic E-state index is 14.3. The number of rotatable bonds is 6. The molecule has 35 heavy (non-hydrogen) atoms. The first-order valence-electron chi connectivity index (χ1n) is 11.7. The number of carbonyl (C=O) groups excluding carboxylic acids is 1. The highest BCUT2D eigenvalue weighted by molar-refractivity contribution is 5.78. The molecule has 2 fully saturated rings. The van der Waals surface area contributed by atoms with E-state index in [-0.39, 0.29) is 29.9 Å². The Balaban J connectivity index is 1.43. The van der Waals surface area contributed by atoms with Crippen molar-refractivity contribution in [3.05, 3.63) is 35.8 Å². The average molecular weight is 490 g/mol. The van der Waals surface area contributed by atoms with Crippen LogP contribution in [-0.2, 0) is 9.53 Å². The van der Waals surface area contributed by atoms with E-state index in [1.54, 1.807) is 17.8 Å². The number of amides is 1. The van der Waals surface area contributed by atoms with E-state index in [9.17, 15) is 18.0 Å². The van der Waals surface area contributed by atoms with Crippen molar-refractivity contribution in [2.45, 2.75) is 44.2 Å². The van der Waals surface area contributed by atoms with Crippen molar-refractivity contribution in [3.8, 4) is 0 Å². The van der Waals surface area contributed by atoms with Crippen molar-refractivity contribution >= 4 is 34.7 Å².